The molecule has 6 aliphatic rings. The van der Waals surface area contributed by atoms with Crippen molar-refractivity contribution in [1.29, 1.82) is 0 Å². The van der Waals surface area contributed by atoms with Crippen molar-refractivity contribution in [3.8, 4) is 0 Å². The molecule has 4 atom stereocenters. The standard InChI is InChI=1S/C26H39N5O4.C21H31N5O2.CH4/c1-15-6-7-20(17-9-26(10-17)11-18(27)12-26)31(14-15)23(33)22(32)29-19-8-16(2)21(28-13-19)30-24(34)35-25(3,4)5;1-12-3-4-17(14-6-21(7-14)8-15(22)9-21)26(11-12)20(28)19(27)25-16-5-13(2)18(23)24-10-16;/h8,13,15,17-18,20H,6-7,9-12,14,27H2,1-5H3,(H,29,32)(H,28,30,34);5,10,12,14-15,17H,3-4,6-9,11,22H2,1-2H3,(H2,23,24)(H,25,27);1H4/t15-,17?,18?,20+,26?;12-,14?,15?,17+,21?;/m11./s1. The molecule has 0 radical (unpaired) electrons. The van der Waals surface area contributed by atoms with Gasteiger partial charge in [-0.15, -0.1) is 0 Å². The first-order chi connectivity index (χ1) is 29.6. The summed E-state index contributed by atoms with van der Waals surface area (Å²) in [7, 11) is 0. The maximum Gasteiger partial charge on any atom is 0.413 e. The number of hydrogen-bond acceptors (Lipinski definition) is 11. The number of amides is 5. The quantitative estimate of drug-likeness (QED) is 0.177. The van der Waals surface area contributed by atoms with Gasteiger partial charge in [-0.1, -0.05) is 21.3 Å². The number of nitrogen functional groups attached to an aromatic ring is 1. The molecule has 64 heavy (non-hydrogen) atoms. The number of aryl methyl sites for hydroxylation is 2. The largest absolute Gasteiger partial charge is 0.444 e. The predicted molar refractivity (Wildman–Crippen MR) is 249 cm³/mol. The van der Waals surface area contributed by atoms with Crippen molar-refractivity contribution in [3.63, 3.8) is 0 Å². The first-order valence-corrected chi connectivity index (χ1v) is 23.0. The lowest BCUT2D eigenvalue weighted by Gasteiger charge is -2.60. The van der Waals surface area contributed by atoms with Gasteiger partial charge in [0, 0.05) is 37.3 Å². The van der Waals surface area contributed by atoms with E-state index in [1.54, 1.807) is 44.7 Å². The van der Waals surface area contributed by atoms with E-state index in [9.17, 15) is 24.0 Å². The van der Waals surface area contributed by atoms with Gasteiger partial charge in [0.15, 0.2) is 0 Å². The summed E-state index contributed by atoms with van der Waals surface area (Å²) < 4.78 is 5.25. The number of carbonyl (C=O) groups is 5. The normalized spacial score (nSPS) is 31.6. The molecule has 5 amide bonds. The van der Waals surface area contributed by atoms with Crippen LogP contribution in [0.4, 0.5) is 27.8 Å². The minimum absolute atomic E-state index is 0. The van der Waals surface area contributed by atoms with Crippen LogP contribution in [0.25, 0.3) is 0 Å². The van der Waals surface area contributed by atoms with Crippen LogP contribution in [0.3, 0.4) is 0 Å². The molecular formula is C48H74N10O6. The number of nitrogens with zero attached hydrogens (tertiary/aromatic N) is 4. The van der Waals surface area contributed by atoms with E-state index < -0.39 is 35.3 Å². The third-order valence-electron chi connectivity index (χ3n) is 14.6. The van der Waals surface area contributed by atoms with E-state index in [1.165, 1.54) is 12.4 Å². The highest BCUT2D eigenvalue weighted by Gasteiger charge is 2.56. The lowest BCUT2D eigenvalue weighted by molar-refractivity contribution is -0.152. The van der Waals surface area contributed by atoms with Crippen LogP contribution < -0.4 is 33.2 Å². The van der Waals surface area contributed by atoms with Crippen molar-refractivity contribution < 1.29 is 28.7 Å². The first-order valence-electron chi connectivity index (χ1n) is 23.0. The van der Waals surface area contributed by atoms with Crippen molar-refractivity contribution in [2.45, 2.75) is 163 Å². The highest BCUT2D eigenvalue weighted by molar-refractivity contribution is 6.40. The summed E-state index contributed by atoms with van der Waals surface area (Å²) in [5.74, 6) is 0.329. The Labute approximate surface area is 379 Å². The van der Waals surface area contributed by atoms with Gasteiger partial charge in [0.1, 0.15) is 17.2 Å². The monoisotopic (exact) mass is 887 g/mol. The van der Waals surface area contributed by atoms with Crippen molar-refractivity contribution in [3.05, 3.63) is 35.7 Å². The molecule has 0 aromatic carbocycles. The SMILES string of the molecule is C.Cc1cc(NC(=O)C(=O)N2C[C@H](C)CC[C@H]2C2CC3(CC(N)C3)C2)cnc1N.Cc1cc(NC(=O)C(=O)N2C[C@H](C)CC[C@H]2C2CC3(CC(N)C3)C2)cnc1NC(=O)OC(C)(C)C. The molecule has 16 nitrogen and oxygen atoms in total. The molecule has 2 spiro atoms. The van der Waals surface area contributed by atoms with E-state index in [-0.39, 0.29) is 19.5 Å². The van der Waals surface area contributed by atoms with Crippen LogP contribution >= 0.6 is 0 Å². The van der Waals surface area contributed by atoms with Gasteiger partial charge >= 0.3 is 29.7 Å². The Hall–Kier alpha value is -4.83. The van der Waals surface area contributed by atoms with E-state index in [4.69, 9.17) is 21.9 Å². The van der Waals surface area contributed by atoms with Gasteiger partial charge in [0.05, 0.1) is 23.8 Å². The molecule has 8 rings (SSSR count). The van der Waals surface area contributed by atoms with Gasteiger partial charge in [-0.2, -0.15) is 0 Å². The summed E-state index contributed by atoms with van der Waals surface area (Å²) in [6, 6.07) is 4.38. The lowest BCUT2D eigenvalue weighted by Crippen LogP contribution is -2.60. The van der Waals surface area contributed by atoms with Gasteiger partial charge in [-0.25, -0.2) is 14.8 Å². The minimum atomic E-state index is -0.655. The fraction of sp³-hybridized carbons (Fsp3) is 0.688. The minimum Gasteiger partial charge on any atom is -0.444 e. The molecular weight excluding hydrogens is 813 g/mol. The van der Waals surface area contributed by atoms with Crippen LogP contribution in [0.15, 0.2) is 24.5 Å². The van der Waals surface area contributed by atoms with Crippen molar-refractivity contribution in [1.82, 2.24) is 19.8 Å². The molecule has 0 unspecified atom stereocenters. The highest BCUT2D eigenvalue weighted by Crippen LogP contribution is 2.61. The summed E-state index contributed by atoms with van der Waals surface area (Å²) in [6.45, 7) is 14.5. The summed E-state index contributed by atoms with van der Waals surface area (Å²) in [4.78, 5) is 75.7. The summed E-state index contributed by atoms with van der Waals surface area (Å²) >= 11 is 0. The maximum atomic E-state index is 13.2. The van der Waals surface area contributed by atoms with Crippen LogP contribution in [-0.2, 0) is 23.9 Å². The average molecular weight is 887 g/mol. The van der Waals surface area contributed by atoms with Gasteiger partial charge in [-0.3, -0.25) is 24.5 Å². The molecule has 2 aromatic heterocycles. The zero-order valence-electron chi connectivity index (χ0n) is 38.3. The number of aromatic nitrogens is 2. The Bertz CT molecular complexity index is 2060. The van der Waals surface area contributed by atoms with Crippen LogP contribution in [0.1, 0.15) is 130 Å². The molecule has 4 heterocycles. The van der Waals surface area contributed by atoms with E-state index in [2.05, 4.69) is 39.8 Å². The smallest absolute Gasteiger partial charge is 0.413 e. The van der Waals surface area contributed by atoms with Gasteiger partial charge in [-0.05, 0) is 169 Å². The molecule has 2 aliphatic heterocycles. The molecule has 352 valence electrons. The molecule has 6 fully saturated rings. The predicted octanol–water partition coefficient (Wildman–Crippen LogP) is 6.51. The molecule has 2 saturated heterocycles. The second-order valence-electron chi connectivity index (χ2n) is 21.4. The second-order valence-corrected chi connectivity index (χ2v) is 21.4. The topological polar surface area (TPSA) is 241 Å². The van der Waals surface area contributed by atoms with E-state index in [1.807, 2.05) is 11.8 Å². The number of nitrogens with two attached hydrogens (primary N) is 3. The van der Waals surface area contributed by atoms with Crippen LogP contribution in [0, 0.1) is 48.3 Å². The number of rotatable bonds is 5. The third kappa shape index (κ3) is 11.0. The van der Waals surface area contributed by atoms with Crippen molar-refractivity contribution in [2.75, 3.05) is 34.8 Å². The highest BCUT2D eigenvalue weighted by atomic mass is 16.6. The van der Waals surface area contributed by atoms with Crippen molar-refractivity contribution >= 4 is 52.7 Å². The molecule has 4 aliphatic carbocycles. The van der Waals surface area contributed by atoms with Gasteiger partial charge in [0.25, 0.3) is 0 Å². The zero-order chi connectivity index (χ0) is 45.6. The number of nitrogens with one attached hydrogen (secondary N) is 3. The fourth-order valence-corrected chi connectivity index (χ4v) is 11.7. The number of likely N-dealkylation sites (tertiary alicyclic amines) is 2. The second kappa shape index (κ2) is 18.9. The zero-order valence-corrected chi connectivity index (χ0v) is 38.3. The van der Waals surface area contributed by atoms with Crippen LogP contribution in [0.2, 0.25) is 0 Å². The number of anilines is 4. The lowest BCUT2D eigenvalue weighted by atomic mass is 9.48. The fourth-order valence-electron chi connectivity index (χ4n) is 11.7. The number of hydrogen-bond donors (Lipinski definition) is 6. The molecule has 0 bridgehead atoms. The van der Waals surface area contributed by atoms with E-state index in [0.717, 1.165) is 82.6 Å². The Kier molecular flexibility index (Phi) is 14.4. The molecule has 9 N–H and O–H groups in total. The number of pyridine rings is 2. The summed E-state index contributed by atoms with van der Waals surface area (Å²) in [5, 5.41) is 8.01. The first kappa shape index (κ1) is 48.6. The van der Waals surface area contributed by atoms with Gasteiger partial charge in [0.2, 0.25) is 0 Å². The molecule has 16 heteroatoms. The Balaban J connectivity index is 0.000000214. The Morgan fingerprint density at radius 1 is 0.672 bits per heavy atom. The summed E-state index contributed by atoms with van der Waals surface area (Å²) in [5.41, 5.74) is 20.2. The maximum absolute atomic E-state index is 13.2. The van der Waals surface area contributed by atoms with Crippen LogP contribution in [-0.4, -0.2) is 92.3 Å². The van der Waals surface area contributed by atoms with Crippen LogP contribution in [0.5, 0.6) is 0 Å². The number of carbonyl (C=O) groups excluding carboxylic acids is 5. The van der Waals surface area contributed by atoms with Gasteiger partial charge < -0.3 is 42.4 Å². The van der Waals surface area contributed by atoms with E-state index in [0.29, 0.717) is 88.2 Å². The molecule has 4 saturated carbocycles. The number of piperidine rings is 2. The molecule has 2 aromatic rings. The average Bonchev–Trinajstić information content (AvgIpc) is 3.15. The van der Waals surface area contributed by atoms with Crippen molar-refractivity contribution in [2.24, 2.45) is 46.0 Å². The Morgan fingerprint density at radius 2 is 1.09 bits per heavy atom. The Morgan fingerprint density at radius 3 is 1.48 bits per heavy atom. The number of ether oxygens (including phenoxy) is 1. The van der Waals surface area contributed by atoms with E-state index >= 15 is 0 Å². The third-order valence-corrected chi connectivity index (χ3v) is 14.6. The summed E-state index contributed by atoms with van der Waals surface area (Å²) in [6.07, 6.45) is 15.3.